The highest BCUT2D eigenvalue weighted by Gasteiger charge is 2.67. The van der Waals surface area contributed by atoms with Crippen molar-refractivity contribution in [3.8, 4) is 0 Å². The number of fused-ring (bicyclic) bond motifs is 5. The Morgan fingerprint density at radius 3 is 2.50 bits per heavy atom. The molecule has 0 saturated heterocycles. The molecule has 2 nitrogen and oxygen atoms in total. The molecule has 2 bridgehead atoms. The quantitative estimate of drug-likeness (QED) is 0.846. The zero-order chi connectivity index (χ0) is 12.3. The van der Waals surface area contributed by atoms with Crippen LogP contribution in [0.15, 0.2) is 24.3 Å². The van der Waals surface area contributed by atoms with Gasteiger partial charge < -0.3 is 5.32 Å². The van der Waals surface area contributed by atoms with Crippen LogP contribution in [0.2, 0.25) is 0 Å². The highest BCUT2D eigenvalue weighted by molar-refractivity contribution is 5.95. The summed E-state index contributed by atoms with van der Waals surface area (Å²) in [6.45, 7) is 2.05. The van der Waals surface area contributed by atoms with Crippen molar-refractivity contribution in [2.45, 2.75) is 26.2 Å². The normalized spacial score (nSPS) is 39.5. The molecule has 4 rings (SSSR count). The number of benzene rings is 1. The smallest absolute Gasteiger partial charge is 0.228 e. The summed E-state index contributed by atoms with van der Waals surface area (Å²) in [7, 11) is 0. The summed E-state index contributed by atoms with van der Waals surface area (Å²) in [4.78, 5) is 12.3. The third-order valence-electron chi connectivity index (χ3n) is 5.44. The van der Waals surface area contributed by atoms with Gasteiger partial charge in [-0.25, -0.2) is 0 Å². The number of carbonyl (C=O) groups is 1. The van der Waals surface area contributed by atoms with Crippen LogP contribution in [0.1, 0.15) is 24.8 Å². The van der Waals surface area contributed by atoms with Crippen molar-refractivity contribution in [1.82, 2.24) is 0 Å². The lowest BCUT2D eigenvalue weighted by molar-refractivity contribution is -0.118. The van der Waals surface area contributed by atoms with E-state index in [1.165, 1.54) is 19.3 Å². The van der Waals surface area contributed by atoms with Crippen molar-refractivity contribution in [2.24, 2.45) is 29.6 Å². The fourth-order valence-corrected chi connectivity index (χ4v) is 4.60. The molecule has 1 amide bonds. The number of amides is 1. The number of hydrogen-bond donors (Lipinski definition) is 1. The third-order valence-corrected chi connectivity index (χ3v) is 5.44. The van der Waals surface area contributed by atoms with E-state index in [4.69, 9.17) is 0 Å². The summed E-state index contributed by atoms with van der Waals surface area (Å²) in [6, 6.07) is 8.05. The molecule has 5 atom stereocenters. The number of nitrogens with one attached hydrogen (secondary N) is 1. The maximum Gasteiger partial charge on any atom is 0.228 e. The summed E-state index contributed by atoms with van der Waals surface area (Å²) in [5, 5.41) is 3.13. The van der Waals surface area contributed by atoms with E-state index in [0.29, 0.717) is 5.92 Å². The summed E-state index contributed by atoms with van der Waals surface area (Å²) >= 11 is 0. The molecule has 2 heteroatoms. The van der Waals surface area contributed by atoms with Crippen LogP contribution in [-0.4, -0.2) is 5.91 Å². The van der Waals surface area contributed by atoms with Gasteiger partial charge >= 0.3 is 0 Å². The van der Waals surface area contributed by atoms with E-state index in [9.17, 15) is 4.79 Å². The van der Waals surface area contributed by atoms with Crippen molar-refractivity contribution in [3.05, 3.63) is 29.8 Å². The number of aryl methyl sites for hydroxylation is 1. The molecule has 0 heterocycles. The predicted molar refractivity (Wildman–Crippen MR) is 71.1 cm³/mol. The second-order valence-corrected chi connectivity index (χ2v) is 6.32. The van der Waals surface area contributed by atoms with Gasteiger partial charge in [0, 0.05) is 11.6 Å². The van der Waals surface area contributed by atoms with Gasteiger partial charge in [-0.3, -0.25) is 4.79 Å². The first-order valence-corrected chi connectivity index (χ1v) is 7.12. The van der Waals surface area contributed by atoms with Crippen LogP contribution in [0.25, 0.3) is 0 Å². The van der Waals surface area contributed by atoms with Gasteiger partial charge in [0.15, 0.2) is 0 Å². The molecular formula is C16H19NO. The number of para-hydroxylation sites is 1. The van der Waals surface area contributed by atoms with E-state index in [1.54, 1.807) is 0 Å². The van der Waals surface area contributed by atoms with E-state index < -0.39 is 0 Å². The number of hydrogen-bond acceptors (Lipinski definition) is 1. The van der Waals surface area contributed by atoms with Gasteiger partial charge in [0.2, 0.25) is 5.91 Å². The van der Waals surface area contributed by atoms with Crippen molar-refractivity contribution < 1.29 is 4.79 Å². The molecular weight excluding hydrogens is 222 g/mol. The Balaban J connectivity index is 1.48. The zero-order valence-electron chi connectivity index (χ0n) is 10.7. The van der Waals surface area contributed by atoms with Crippen LogP contribution < -0.4 is 5.32 Å². The lowest BCUT2D eigenvalue weighted by atomic mass is 10.0. The minimum Gasteiger partial charge on any atom is -0.326 e. The molecule has 0 aliphatic heterocycles. The first-order valence-electron chi connectivity index (χ1n) is 7.12. The molecule has 94 valence electrons. The standard InChI is InChI=1S/C16H19NO/c1-9-4-2-3-5-12(9)17-16(18)15-13-10-6-7-11(8-10)14(13)15/h2-5,10-11,13-15H,6-8H2,1H3,(H,17,18)/t10-,11+,13+,14-,15?. The van der Waals surface area contributed by atoms with Gasteiger partial charge in [-0.05, 0) is 61.5 Å². The molecule has 3 saturated carbocycles. The van der Waals surface area contributed by atoms with Crippen LogP contribution in [0.3, 0.4) is 0 Å². The Kier molecular flexibility index (Phi) is 2.12. The molecule has 1 aromatic carbocycles. The maximum absolute atomic E-state index is 12.3. The molecule has 3 aliphatic carbocycles. The first-order chi connectivity index (χ1) is 8.75. The Morgan fingerprint density at radius 1 is 1.17 bits per heavy atom. The van der Waals surface area contributed by atoms with Crippen LogP contribution in [-0.2, 0) is 4.79 Å². The molecule has 0 aromatic heterocycles. The highest BCUT2D eigenvalue weighted by Crippen LogP contribution is 2.69. The Labute approximate surface area is 108 Å². The fourth-order valence-electron chi connectivity index (χ4n) is 4.60. The number of anilines is 1. The van der Waals surface area contributed by atoms with E-state index in [1.807, 2.05) is 31.2 Å². The van der Waals surface area contributed by atoms with Crippen LogP contribution >= 0.6 is 0 Å². The van der Waals surface area contributed by atoms with Crippen molar-refractivity contribution in [3.63, 3.8) is 0 Å². The number of carbonyl (C=O) groups excluding carboxylic acids is 1. The Morgan fingerprint density at radius 2 is 1.83 bits per heavy atom. The summed E-state index contributed by atoms with van der Waals surface area (Å²) in [6.07, 6.45) is 4.16. The topological polar surface area (TPSA) is 29.1 Å². The van der Waals surface area contributed by atoms with E-state index in [0.717, 1.165) is 34.9 Å². The van der Waals surface area contributed by atoms with Crippen molar-refractivity contribution in [1.29, 1.82) is 0 Å². The largest absolute Gasteiger partial charge is 0.326 e. The summed E-state index contributed by atoms with van der Waals surface area (Å²) in [5.41, 5.74) is 2.14. The minimum absolute atomic E-state index is 0.274. The van der Waals surface area contributed by atoms with Crippen molar-refractivity contribution in [2.75, 3.05) is 5.32 Å². The average molecular weight is 241 g/mol. The third kappa shape index (κ3) is 1.38. The lowest BCUT2D eigenvalue weighted by Crippen LogP contribution is -2.19. The second kappa shape index (κ2) is 3.59. The van der Waals surface area contributed by atoms with Gasteiger partial charge in [0.25, 0.3) is 0 Å². The van der Waals surface area contributed by atoms with Gasteiger partial charge in [-0.1, -0.05) is 18.2 Å². The first kappa shape index (κ1) is 10.6. The van der Waals surface area contributed by atoms with E-state index >= 15 is 0 Å². The Hall–Kier alpha value is -1.31. The lowest BCUT2D eigenvalue weighted by Gasteiger charge is -2.11. The van der Waals surface area contributed by atoms with Gasteiger partial charge in [0.05, 0.1) is 0 Å². The summed E-state index contributed by atoms with van der Waals surface area (Å²) < 4.78 is 0. The van der Waals surface area contributed by atoms with Crippen LogP contribution in [0.4, 0.5) is 5.69 Å². The average Bonchev–Trinajstić information content (AvgIpc) is 2.82. The molecule has 18 heavy (non-hydrogen) atoms. The van der Waals surface area contributed by atoms with Crippen LogP contribution in [0, 0.1) is 36.5 Å². The molecule has 0 radical (unpaired) electrons. The van der Waals surface area contributed by atoms with Crippen molar-refractivity contribution >= 4 is 11.6 Å². The maximum atomic E-state index is 12.3. The molecule has 1 N–H and O–H groups in total. The molecule has 3 fully saturated rings. The van der Waals surface area contributed by atoms with E-state index in [2.05, 4.69) is 5.32 Å². The monoisotopic (exact) mass is 241 g/mol. The van der Waals surface area contributed by atoms with E-state index in [-0.39, 0.29) is 5.91 Å². The van der Waals surface area contributed by atoms with Gasteiger partial charge in [-0.2, -0.15) is 0 Å². The fraction of sp³-hybridized carbons (Fsp3) is 0.562. The van der Waals surface area contributed by atoms with Crippen LogP contribution in [0.5, 0.6) is 0 Å². The Bertz CT molecular complexity index is 494. The highest BCUT2D eigenvalue weighted by atomic mass is 16.2. The second-order valence-electron chi connectivity index (χ2n) is 6.32. The SMILES string of the molecule is Cc1ccccc1NC(=O)C1[C@@H]2[C@H]3CC[C@H](C3)[C@H]12. The molecule has 0 spiro atoms. The predicted octanol–water partition coefficient (Wildman–Crippen LogP) is 3.23. The minimum atomic E-state index is 0.274. The molecule has 1 aromatic rings. The number of rotatable bonds is 2. The molecule has 1 unspecified atom stereocenters. The zero-order valence-corrected chi connectivity index (χ0v) is 10.7. The van der Waals surface area contributed by atoms with Gasteiger partial charge in [0.1, 0.15) is 0 Å². The van der Waals surface area contributed by atoms with Gasteiger partial charge in [-0.15, -0.1) is 0 Å². The summed E-state index contributed by atoms with van der Waals surface area (Å²) in [5.74, 6) is 3.80. The molecule has 3 aliphatic rings.